The molecule has 1 atom stereocenters. The Morgan fingerprint density at radius 3 is 2.41 bits per heavy atom. The van der Waals surface area contributed by atoms with Crippen LogP contribution in [0.4, 0.5) is 0 Å². The Morgan fingerprint density at radius 1 is 1.00 bits per heavy atom. The number of benzene rings is 2. The molecule has 0 saturated carbocycles. The number of fused-ring (bicyclic) bond motifs is 1. The first-order chi connectivity index (χ1) is 13.1. The molecule has 3 rings (SSSR count). The molecule has 0 spiro atoms. The number of ether oxygens (including phenoxy) is 1. The van der Waals surface area contributed by atoms with Crippen LogP contribution in [0.1, 0.15) is 20.3 Å². The van der Waals surface area contributed by atoms with Gasteiger partial charge in [0, 0.05) is 5.75 Å². The number of nitrogens with zero attached hydrogens (tertiary/aromatic N) is 2. The molecule has 0 aliphatic rings. The molecule has 0 aliphatic heterocycles. The van der Waals surface area contributed by atoms with Crippen molar-refractivity contribution in [3.63, 3.8) is 0 Å². The van der Waals surface area contributed by atoms with Crippen molar-refractivity contribution in [2.75, 3.05) is 12.4 Å². The van der Waals surface area contributed by atoms with E-state index in [1.807, 2.05) is 31.2 Å². The van der Waals surface area contributed by atoms with Crippen LogP contribution >= 0.6 is 18.2 Å². The summed E-state index contributed by atoms with van der Waals surface area (Å²) in [7, 11) is 0. The van der Waals surface area contributed by atoms with E-state index >= 15 is 0 Å². The normalized spacial score (nSPS) is 13.3. The third-order valence-corrected chi connectivity index (χ3v) is 7.38. The molecule has 1 heterocycles. The Morgan fingerprint density at radius 2 is 1.70 bits per heavy atom. The topological polar surface area (TPSA) is 70.5 Å². The smallest absolute Gasteiger partial charge is 0.437 e. The van der Waals surface area contributed by atoms with Crippen molar-refractivity contribution in [2.24, 2.45) is 0 Å². The van der Waals surface area contributed by atoms with E-state index < -0.39 is 6.80 Å². The van der Waals surface area contributed by atoms with Gasteiger partial charge in [-0.2, -0.15) is 0 Å². The van der Waals surface area contributed by atoms with Gasteiger partial charge in [0.05, 0.1) is 23.8 Å². The first-order valence-corrected chi connectivity index (χ1v) is 11.8. The third kappa shape index (κ3) is 5.45. The monoisotopic (exact) mass is 404 g/mol. The summed E-state index contributed by atoms with van der Waals surface area (Å²) in [6.07, 6.45) is 2.47. The second-order valence-corrected chi connectivity index (χ2v) is 9.68. The van der Waals surface area contributed by atoms with Gasteiger partial charge in [0.25, 0.3) is 0 Å². The van der Waals surface area contributed by atoms with Gasteiger partial charge >= 0.3 is 6.80 Å². The van der Waals surface area contributed by atoms with E-state index in [0.29, 0.717) is 29.7 Å². The minimum absolute atomic E-state index is 0.329. The molecule has 2 aromatic carbocycles. The summed E-state index contributed by atoms with van der Waals surface area (Å²) in [6.45, 7) is 0.931. The molecule has 0 aliphatic carbocycles. The molecule has 0 amide bonds. The standard InChI is InChI=1S/C19H21N2O4PS/c1-3-13-27-26(22,23-4-2)25-16-11-9-15(10-12-16)24-19-14-20-17-7-5-6-8-18(17)21-19/h5-12,14H,3-4,13H2,1-2H3. The number of hydrogen-bond acceptors (Lipinski definition) is 7. The van der Waals surface area contributed by atoms with Gasteiger partial charge in [0.1, 0.15) is 11.5 Å². The Labute approximate surface area is 162 Å². The van der Waals surface area contributed by atoms with Crippen LogP contribution in [-0.2, 0) is 9.09 Å². The van der Waals surface area contributed by atoms with Gasteiger partial charge < -0.3 is 9.26 Å². The molecule has 0 saturated heterocycles. The number of hydrogen-bond donors (Lipinski definition) is 0. The maximum Gasteiger partial charge on any atom is 0.440 e. The summed E-state index contributed by atoms with van der Waals surface area (Å²) in [4.78, 5) is 8.75. The van der Waals surface area contributed by atoms with Crippen molar-refractivity contribution in [2.45, 2.75) is 20.3 Å². The van der Waals surface area contributed by atoms with E-state index in [1.54, 1.807) is 37.4 Å². The zero-order valence-electron chi connectivity index (χ0n) is 15.2. The number of aromatic nitrogens is 2. The average molecular weight is 404 g/mol. The zero-order chi connectivity index (χ0) is 19.1. The van der Waals surface area contributed by atoms with Crippen molar-refractivity contribution in [3.05, 3.63) is 54.7 Å². The predicted molar refractivity (Wildman–Crippen MR) is 109 cm³/mol. The largest absolute Gasteiger partial charge is 0.440 e. The van der Waals surface area contributed by atoms with Gasteiger partial charge in [0.2, 0.25) is 5.88 Å². The molecule has 1 unspecified atom stereocenters. The van der Waals surface area contributed by atoms with Crippen LogP contribution in [0.2, 0.25) is 0 Å². The molecule has 27 heavy (non-hydrogen) atoms. The Hall–Kier alpha value is -2.08. The summed E-state index contributed by atoms with van der Waals surface area (Å²) >= 11 is 1.21. The second kappa shape index (κ2) is 9.22. The highest BCUT2D eigenvalue weighted by atomic mass is 32.7. The van der Waals surface area contributed by atoms with Gasteiger partial charge in [0.15, 0.2) is 0 Å². The van der Waals surface area contributed by atoms with Crippen LogP contribution in [0.3, 0.4) is 0 Å². The molecule has 6 nitrogen and oxygen atoms in total. The fraction of sp³-hybridized carbons (Fsp3) is 0.263. The van der Waals surface area contributed by atoms with Crippen LogP contribution < -0.4 is 9.26 Å². The highest BCUT2D eigenvalue weighted by Crippen LogP contribution is 2.60. The first kappa shape index (κ1) is 19.7. The van der Waals surface area contributed by atoms with Crippen molar-refractivity contribution in [3.8, 4) is 17.4 Å². The Kier molecular flexibility index (Phi) is 6.72. The summed E-state index contributed by atoms with van der Waals surface area (Å²) in [5.41, 5.74) is 1.57. The SMILES string of the molecule is CCCSP(=O)(OCC)Oc1ccc(Oc2cnc3ccccc3n2)cc1. The minimum atomic E-state index is -3.21. The average Bonchev–Trinajstić information content (AvgIpc) is 2.68. The molecule has 8 heteroatoms. The highest BCUT2D eigenvalue weighted by molar-refractivity contribution is 8.55. The lowest BCUT2D eigenvalue weighted by Gasteiger charge is -2.17. The minimum Gasteiger partial charge on any atom is -0.437 e. The molecule has 1 aromatic heterocycles. The molecule has 0 bridgehead atoms. The summed E-state index contributed by atoms with van der Waals surface area (Å²) in [6, 6.07) is 14.4. The van der Waals surface area contributed by atoms with Crippen molar-refractivity contribution < 1.29 is 18.3 Å². The summed E-state index contributed by atoms with van der Waals surface area (Å²) < 4.78 is 29.4. The van der Waals surface area contributed by atoms with E-state index in [4.69, 9.17) is 13.8 Å². The molecule has 0 N–H and O–H groups in total. The van der Waals surface area contributed by atoms with E-state index in [9.17, 15) is 4.57 Å². The quantitative estimate of drug-likeness (QED) is 0.400. The van der Waals surface area contributed by atoms with Gasteiger partial charge in [-0.05, 0) is 61.1 Å². The highest BCUT2D eigenvalue weighted by Gasteiger charge is 2.26. The number of para-hydroxylation sites is 2. The Bertz CT molecular complexity index is 936. The third-order valence-electron chi connectivity index (χ3n) is 3.43. The lowest BCUT2D eigenvalue weighted by Crippen LogP contribution is -1.96. The maximum absolute atomic E-state index is 12.7. The molecule has 0 radical (unpaired) electrons. The maximum atomic E-state index is 12.7. The van der Waals surface area contributed by atoms with Gasteiger partial charge in [-0.1, -0.05) is 19.1 Å². The summed E-state index contributed by atoms with van der Waals surface area (Å²) in [5.74, 6) is 2.16. The summed E-state index contributed by atoms with van der Waals surface area (Å²) in [5, 5.41) is 0. The van der Waals surface area contributed by atoms with E-state index in [2.05, 4.69) is 9.97 Å². The fourth-order valence-electron chi connectivity index (χ4n) is 2.26. The first-order valence-electron chi connectivity index (χ1n) is 8.70. The molecule has 0 fully saturated rings. The van der Waals surface area contributed by atoms with Crippen molar-refractivity contribution in [1.82, 2.24) is 9.97 Å². The van der Waals surface area contributed by atoms with Gasteiger partial charge in [-0.15, -0.1) is 0 Å². The molecule has 142 valence electrons. The Balaban J connectivity index is 1.69. The van der Waals surface area contributed by atoms with Crippen LogP contribution in [0.15, 0.2) is 54.7 Å². The van der Waals surface area contributed by atoms with E-state index in [-0.39, 0.29) is 0 Å². The number of rotatable bonds is 9. The van der Waals surface area contributed by atoms with Crippen molar-refractivity contribution in [1.29, 1.82) is 0 Å². The van der Waals surface area contributed by atoms with Crippen LogP contribution in [0.5, 0.6) is 17.4 Å². The van der Waals surface area contributed by atoms with Crippen LogP contribution in [0.25, 0.3) is 11.0 Å². The van der Waals surface area contributed by atoms with E-state index in [1.165, 1.54) is 11.4 Å². The molecular weight excluding hydrogens is 383 g/mol. The van der Waals surface area contributed by atoms with E-state index in [0.717, 1.165) is 17.5 Å². The van der Waals surface area contributed by atoms with Crippen LogP contribution in [-0.4, -0.2) is 22.3 Å². The van der Waals surface area contributed by atoms with Crippen molar-refractivity contribution >= 4 is 29.2 Å². The van der Waals surface area contributed by atoms with Crippen LogP contribution in [0, 0.1) is 0 Å². The zero-order valence-corrected chi connectivity index (χ0v) is 16.9. The molecule has 3 aromatic rings. The fourth-order valence-corrected chi connectivity index (χ4v) is 5.72. The second-order valence-electron chi connectivity index (χ2n) is 5.56. The lowest BCUT2D eigenvalue weighted by atomic mass is 10.3. The lowest BCUT2D eigenvalue weighted by molar-refractivity contribution is 0.296. The molecular formula is C19H21N2O4PS. The predicted octanol–water partition coefficient (Wildman–Crippen LogP) is 6.09. The van der Waals surface area contributed by atoms with Gasteiger partial charge in [-0.3, -0.25) is 4.52 Å². The van der Waals surface area contributed by atoms with Gasteiger partial charge in [-0.25, -0.2) is 14.5 Å².